The number of phenolic OH excluding ortho intramolecular Hbond substituents is 4. The highest BCUT2D eigenvalue weighted by Crippen LogP contribution is 2.44. The van der Waals surface area contributed by atoms with Crippen molar-refractivity contribution in [2.24, 2.45) is 0 Å². The van der Waals surface area contributed by atoms with Gasteiger partial charge in [0.2, 0.25) is 5.43 Å². The van der Waals surface area contributed by atoms with E-state index < -0.39 is 11.2 Å². The predicted molar refractivity (Wildman–Crippen MR) is 86.7 cm³/mol. The van der Waals surface area contributed by atoms with E-state index in [1.807, 2.05) is 0 Å². The molecule has 2 aromatic carbocycles. The molecule has 6 nitrogen and oxygen atoms in total. The van der Waals surface area contributed by atoms with Crippen LogP contribution in [0.3, 0.4) is 0 Å². The topological polar surface area (TPSA) is 111 Å². The van der Waals surface area contributed by atoms with Gasteiger partial charge in [0.25, 0.3) is 0 Å². The summed E-state index contributed by atoms with van der Waals surface area (Å²) in [6.45, 7) is 1.59. The molecular weight excluding hydrogens is 312 g/mol. The molecule has 0 aliphatic heterocycles. The first kappa shape index (κ1) is 14.4. The molecule has 0 spiro atoms. The van der Waals surface area contributed by atoms with E-state index in [2.05, 4.69) is 0 Å². The van der Waals surface area contributed by atoms with E-state index in [4.69, 9.17) is 4.42 Å². The summed E-state index contributed by atoms with van der Waals surface area (Å²) >= 11 is 0. The van der Waals surface area contributed by atoms with Crippen molar-refractivity contribution in [3.63, 3.8) is 0 Å². The van der Waals surface area contributed by atoms with E-state index in [-0.39, 0.29) is 39.3 Å². The number of hydrogen-bond donors (Lipinski definition) is 4. The lowest BCUT2D eigenvalue weighted by Gasteiger charge is -2.20. The molecule has 4 rings (SSSR count). The Morgan fingerprint density at radius 1 is 0.958 bits per heavy atom. The second-order valence-electron chi connectivity index (χ2n) is 5.94. The van der Waals surface area contributed by atoms with Crippen LogP contribution in [0.5, 0.6) is 23.0 Å². The van der Waals surface area contributed by atoms with Gasteiger partial charge in [0, 0.05) is 23.6 Å². The normalized spacial score (nSPS) is 12.9. The van der Waals surface area contributed by atoms with Crippen LogP contribution in [0.4, 0.5) is 0 Å². The number of benzene rings is 2. The van der Waals surface area contributed by atoms with Crippen LogP contribution in [0.2, 0.25) is 0 Å². The average molecular weight is 326 g/mol. The summed E-state index contributed by atoms with van der Waals surface area (Å²) < 4.78 is 5.80. The Hall–Kier alpha value is -3.15. The van der Waals surface area contributed by atoms with Crippen LogP contribution in [0.15, 0.2) is 27.4 Å². The number of aryl methyl sites for hydroxylation is 3. The van der Waals surface area contributed by atoms with Gasteiger partial charge in [-0.1, -0.05) is 6.07 Å². The number of phenols is 4. The first-order valence-corrected chi connectivity index (χ1v) is 7.45. The van der Waals surface area contributed by atoms with Crippen molar-refractivity contribution in [1.29, 1.82) is 0 Å². The van der Waals surface area contributed by atoms with Crippen LogP contribution in [0.25, 0.3) is 22.1 Å². The maximum Gasteiger partial charge on any atom is 0.204 e. The predicted octanol–water partition coefficient (Wildman–Crippen LogP) is 2.69. The van der Waals surface area contributed by atoms with E-state index in [1.165, 1.54) is 6.07 Å². The largest absolute Gasteiger partial charge is 0.507 e. The van der Waals surface area contributed by atoms with Crippen molar-refractivity contribution in [1.82, 2.24) is 0 Å². The van der Waals surface area contributed by atoms with E-state index in [0.29, 0.717) is 24.2 Å². The van der Waals surface area contributed by atoms with Crippen LogP contribution in [0.1, 0.15) is 16.9 Å². The Balaban J connectivity index is 2.21. The standard InChI is InChI=1S/C18H14O6/c1-7-10(20)6-11(21)14-17(23)15-12(24-18(7)14)5-3-8-2-4-9(19)16(22)13(8)15/h2,4,6,19-22H,3,5H2,1H3. The molecule has 1 heterocycles. The van der Waals surface area contributed by atoms with Crippen molar-refractivity contribution in [3.05, 3.63) is 45.3 Å². The maximum atomic E-state index is 13.0. The molecule has 3 aromatic rings. The molecule has 0 unspecified atom stereocenters. The Morgan fingerprint density at radius 3 is 2.46 bits per heavy atom. The van der Waals surface area contributed by atoms with Crippen molar-refractivity contribution in [2.45, 2.75) is 19.8 Å². The molecule has 24 heavy (non-hydrogen) atoms. The van der Waals surface area contributed by atoms with E-state index in [0.717, 1.165) is 11.6 Å². The zero-order valence-electron chi connectivity index (χ0n) is 12.8. The summed E-state index contributed by atoms with van der Waals surface area (Å²) in [6, 6.07) is 4.12. The third-order valence-electron chi connectivity index (χ3n) is 4.55. The number of aromatic hydroxyl groups is 4. The summed E-state index contributed by atoms with van der Waals surface area (Å²) in [4.78, 5) is 13.0. The van der Waals surface area contributed by atoms with Gasteiger partial charge in [0.05, 0.1) is 5.56 Å². The van der Waals surface area contributed by atoms with Crippen molar-refractivity contribution in [3.8, 4) is 34.1 Å². The zero-order chi connectivity index (χ0) is 17.2. The molecule has 0 saturated heterocycles. The van der Waals surface area contributed by atoms with Crippen LogP contribution in [-0.2, 0) is 12.8 Å². The fourth-order valence-corrected chi connectivity index (χ4v) is 3.29. The number of hydrogen-bond acceptors (Lipinski definition) is 6. The lowest BCUT2D eigenvalue weighted by atomic mass is 9.87. The van der Waals surface area contributed by atoms with E-state index >= 15 is 0 Å². The molecule has 0 fully saturated rings. The van der Waals surface area contributed by atoms with Crippen molar-refractivity contribution >= 4 is 11.0 Å². The summed E-state index contributed by atoms with van der Waals surface area (Å²) in [5.74, 6) is -0.910. The average Bonchev–Trinajstić information content (AvgIpc) is 2.55. The summed E-state index contributed by atoms with van der Waals surface area (Å²) in [5.41, 5.74) is 1.07. The number of fused-ring (bicyclic) bond motifs is 4. The fraction of sp³-hybridized carbons (Fsp3) is 0.167. The van der Waals surface area contributed by atoms with Crippen molar-refractivity contribution < 1.29 is 24.8 Å². The highest BCUT2D eigenvalue weighted by molar-refractivity contribution is 5.93. The summed E-state index contributed by atoms with van der Waals surface area (Å²) in [6.07, 6.45) is 0.974. The van der Waals surface area contributed by atoms with Gasteiger partial charge in [-0.15, -0.1) is 0 Å². The molecule has 0 amide bonds. The van der Waals surface area contributed by atoms with Crippen LogP contribution >= 0.6 is 0 Å². The Labute approximate surface area is 135 Å². The molecule has 122 valence electrons. The van der Waals surface area contributed by atoms with Gasteiger partial charge in [-0.2, -0.15) is 0 Å². The fourth-order valence-electron chi connectivity index (χ4n) is 3.29. The van der Waals surface area contributed by atoms with E-state index in [1.54, 1.807) is 13.0 Å². The first-order chi connectivity index (χ1) is 11.4. The molecular formula is C18H14O6. The molecule has 0 saturated carbocycles. The maximum absolute atomic E-state index is 13.0. The quantitative estimate of drug-likeness (QED) is 0.473. The second kappa shape index (κ2) is 4.67. The molecule has 0 bridgehead atoms. The Morgan fingerprint density at radius 2 is 1.71 bits per heavy atom. The lowest BCUT2D eigenvalue weighted by molar-refractivity contribution is 0.403. The van der Waals surface area contributed by atoms with Gasteiger partial charge in [-0.25, -0.2) is 0 Å². The van der Waals surface area contributed by atoms with E-state index in [9.17, 15) is 25.2 Å². The summed E-state index contributed by atoms with van der Waals surface area (Å²) in [5, 5.41) is 39.9. The molecule has 1 aromatic heterocycles. The molecule has 1 aliphatic rings. The van der Waals surface area contributed by atoms with Crippen molar-refractivity contribution in [2.75, 3.05) is 0 Å². The zero-order valence-corrected chi connectivity index (χ0v) is 12.8. The molecule has 0 atom stereocenters. The first-order valence-electron chi connectivity index (χ1n) is 7.45. The SMILES string of the molecule is Cc1c(O)cc(O)c2c(=O)c3c(oc12)CCc1ccc(O)c(O)c1-3. The Bertz CT molecular complexity index is 1080. The third-order valence-corrected chi connectivity index (χ3v) is 4.55. The smallest absolute Gasteiger partial charge is 0.204 e. The number of rotatable bonds is 0. The molecule has 1 aliphatic carbocycles. The van der Waals surface area contributed by atoms with Gasteiger partial charge in [-0.05, 0) is 25.0 Å². The third kappa shape index (κ3) is 1.73. The molecule has 6 heteroatoms. The minimum absolute atomic E-state index is 0.0559. The van der Waals surface area contributed by atoms with Gasteiger partial charge in [-0.3, -0.25) is 4.79 Å². The minimum atomic E-state index is -0.506. The van der Waals surface area contributed by atoms with Crippen LogP contribution in [0, 0.1) is 6.92 Å². The van der Waals surface area contributed by atoms with Gasteiger partial charge < -0.3 is 24.8 Å². The van der Waals surface area contributed by atoms with Gasteiger partial charge in [0.1, 0.15) is 28.2 Å². The van der Waals surface area contributed by atoms with Crippen LogP contribution in [-0.4, -0.2) is 20.4 Å². The summed E-state index contributed by atoms with van der Waals surface area (Å²) in [7, 11) is 0. The highest BCUT2D eigenvalue weighted by Gasteiger charge is 2.28. The highest BCUT2D eigenvalue weighted by atomic mass is 16.3. The monoisotopic (exact) mass is 326 g/mol. The van der Waals surface area contributed by atoms with Gasteiger partial charge >= 0.3 is 0 Å². The lowest BCUT2D eigenvalue weighted by Crippen LogP contribution is -2.15. The molecule has 4 N–H and O–H groups in total. The molecule has 0 radical (unpaired) electrons. The van der Waals surface area contributed by atoms with Gasteiger partial charge in [0.15, 0.2) is 11.5 Å². The Kier molecular flexibility index (Phi) is 2.81. The second-order valence-corrected chi connectivity index (χ2v) is 5.94. The minimum Gasteiger partial charge on any atom is -0.507 e. The van der Waals surface area contributed by atoms with Crippen LogP contribution < -0.4 is 5.43 Å².